The van der Waals surface area contributed by atoms with E-state index in [0.29, 0.717) is 6.42 Å². The molecule has 0 spiro atoms. The van der Waals surface area contributed by atoms with Crippen molar-refractivity contribution in [3.8, 4) is 0 Å². The summed E-state index contributed by atoms with van der Waals surface area (Å²) in [6.07, 6.45) is 0.270. The van der Waals surface area contributed by atoms with Crippen molar-refractivity contribution in [3.63, 3.8) is 0 Å². The van der Waals surface area contributed by atoms with Crippen LogP contribution in [0.15, 0.2) is 0 Å². The molecule has 1 aliphatic heterocycles. The van der Waals surface area contributed by atoms with Crippen molar-refractivity contribution in [1.82, 2.24) is 0 Å². The molecule has 74 valence electrons. The van der Waals surface area contributed by atoms with Crippen LogP contribution in [-0.4, -0.2) is 28.1 Å². The summed E-state index contributed by atoms with van der Waals surface area (Å²) < 4.78 is 5.06. The normalized spacial score (nSPS) is 39.5. The quantitative estimate of drug-likeness (QED) is 0.679. The van der Waals surface area contributed by atoms with Gasteiger partial charge in [0.05, 0.1) is 0 Å². The summed E-state index contributed by atoms with van der Waals surface area (Å²) >= 11 is 0. The molecule has 1 fully saturated rings. The van der Waals surface area contributed by atoms with E-state index in [9.17, 15) is 14.7 Å². The van der Waals surface area contributed by atoms with Gasteiger partial charge in [-0.15, -0.1) is 0 Å². The van der Waals surface area contributed by atoms with Crippen molar-refractivity contribution in [2.75, 3.05) is 0 Å². The van der Waals surface area contributed by atoms with E-state index in [1.54, 1.807) is 6.92 Å². The van der Waals surface area contributed by atoms with E-state index in [-0.39, 0.29) is 12.2 Å². The van der Waals surface area contributed by atoms with Crippen LogP contribution in [0.1, 0.15) is 33.6 Å². The van der Waals surface area contributed by atoms with Gasteiger partial charge in [-0.05, 0) is 13.8 Å². The van der Waals surface area contributed by atoms with Gasteiger partial charge in [0, 0.05) is 12.8 Å². The van der Waals surface area contributed by atoms with Gasteiger partial charge in [-0.3, -0.25) is 9.59 Å². The Bertz CT molecular complexity index is 256. The van der Waals surface area contributed by atoms with Crippen LogP contribution >= 0.6 is 0 Å². The van der Waals surface area contributed by atoms with Gasteiger partial charge < -0.3 is 9.84 Å². The fourth-order valence-corrected chi connectivity index (χ4v) is 1.53. The van der Waals surface area contributed by atoms with E-state index in [2.05, 4.69) is 0 Å². The Kier molecular flexibility index (Phi) is 2.30. The predicted molar refractivity (Wildman–Crippen MR) is 45.0 cm³/mol. The smallest absolute Gasteiger partial charge is 0.224 e. The van der Waals surface area contributed by atoms with E-state index < -0.39 is 17.2 Å². The lowest BCUT2D eigenvalue weighted by Gasteiger charge is -2.23. The van der Waals surface area contributed by atoms with E-state index in [0.717, 1.165) is 0 Å². The maximum absolute atomic E-state index is 11.4. The largest absolute Gasteiger partial charge is 0.360 e. The molecule has 1 saturated heterocycles. The van der Waals surface area contributed by atoms with E-state index >= 15 is 0 Å². The van der Waals surface area contributed by atoms with Crippen LogP contribution in [0.2, 0.25) is 0 Å². The maximum Gasteiger partial charge on any atom is 0.224 e. The second-order valence-corrected chi connectivity index (χ2v) is 3.69. The first-order valence-corrected chi connectivity index (χ1v) is 4.31. The summed E-state index contributed by atoms with van der Waals surface area (Å²) in [6.45, 7) is 4.51. The fourth-order valence-electron chi connectivity index (χ4n) is 1.53. The second-order valence-electron chi connectivity index (χ2n) is 3.69. The minimum atomic E-state index is -1.79. The van der Waals surface area contributed by atoms with Crippen molar-refractivity contribution in [2.24, 2.45) is 0 Å². The molecular weight excluding hydrogens is 172 g/mol. The van der Waals surface area contributed by atoms with Gasteiger partial charge in [0.1, 0.15) is 5.60 Å². The highest BCUT2D eigenvalue weighted by atomic mass is 16.7. The molecule has 0 aromatic rings. The Morgan fingerprint density at radius 3 is 2.46 bits per heavy atom. The molecule has 0 unspecified atom stereocenters. The van der Waals surface area contributed by atoms with Crippen LogP contribution in [0.4, 0.5) is 0 Å². The minimum absolute atomic E-state index is 0.0350. The molecule has 0 saturated carbocycles. The summed E-state index contributed by atoms with van der Waals surface area (Å²) in [5.41, 5.74) is -1.13. The highest BCUT2D eigenvalue weighted by molar-refractivity contribution is 5.98. The number of ether oxygens (including phenoxy) is 1. The number of aliphatic hydroxyl groups is 1. The van der Waals surface area contributed by atoms with E-state index in [1.807, 2.05) is 0 Å². The van der Waals surface area contributed by atoms with Crippen LogP contribution in [0, 0.1) is 0 Å². The number of Topliss-reactive ketones (excluding diaryl/α,β-unsaturated/α-hetero) is 2. The molecule has 0 amide bonds. The number of carbonyl (C=O) groups excluding carboxylic acids is 2. The number of hydrogen-bond acceptors (Lipinski definition) is 4. The van der Waals surface area contributed by atoms with Gasteiger partial charge in [0.15, 0.2) is 11.6 Å². The summed E-state index contributed by atoms with van der Waals surface area (Å²) in [6, 6.07) is 0. The molecule has 1 N–H and O–H groups in total. The third kappa shape index (κ3) is 1.64. The zero-order valence-electron chi connectivity index (χ0n) is 8.09. The van der Waals surface area contributed by atoms with Gasteiger partial charge in [-0.2, -0.15) is 0 Å². The highest BCUT2D eigenvalue weighted by Crippen LogP contribution is 2.34. The van der Waals surface area contributed by atoms with E-state index in [1.165, 1.54) is 13.8 Å². The Morgan fingerprint density at radius 2 is 2.15 bits per heavy atom. The van der Waals surface area contributed by atoms with Gasteiger partial charge in [-0.1, -0.05) is 6.92 Å². The van der Waals surface area contributed by atoms with E-state index in [4.69, 9.17) is 4.74 Å². The molecule has 1 heterocycles. The van der Waals surface area contributed by atoms with Crippen molar-refractivity contribution in [3.05, 3.63) is 0 Å². The first-order valence-electron chi connectivity index (χ1n) is 4.31. The summed E-state index contributed by atoms with van der Waals surface area (Å²) in [5, 5.41) is 9.42. The second kappa shape index (κ2) is 2.89. The van der Waals surface area contributed by atoms with Gasteiger partial charge >= 0.3 is 0 Å². The van der Waals surface area contributed by atoms with Crippen molar-refractivity contribution < 1.29 is 19.4 Å². The molecule has 0 radical (unpaired) electrons. The lowest BCUT2D eigenvalue weighted by Crippen LogP contribution is -2.38. The van der Waals surface area contributed by atoms with Crippen LogP contribution in [0.5, 0.6) is 0 Å². The molecule has 13 heavy (non-hydrogen) atoms. The molecule has 1 rings (SSSR count). The molecule has 2 atom stereocenters. The monoisotopic (exact) mass is 186 g/mol. The Balaban J connectivity index is 2.88. The molecular formula is C9H14O4. The van der Waals surface area contributed by atoms with Gasteiger partial charge in [0.2, 0.25) is 5.79 Å². The zero-order chi connectivity index (χ0) is 10.3. The van der Waals surface area contributed by atoms with Crippen molar-refractivity contribution in [1.29, 1.82) is 0 Å². The number of ketones is 2. The molecule has 4 heteroatoms. The first kappa shape index (κ1) is 10.3. The summed E-state index contributed by atoms with van der Waals surface area (Å²) in [7, 11) is 0. The highest BCUT2D eigenvalue weighted by Gasteiger charge is 2.52. The van der Waals surface area contributed by atoms with Gasteiger partial charge in [-0.25, -0.2) is 0 Å². The number of hydrogen-bond donors (Lipinski definition) is 1. The predicted octanol–water partition coefficient (Wildman–Crippen LogP) is 0.422. The average Bonchev–Trinajstić information content (AvgIpc) is 2.21. The van der Waals surface area contributed by atoms with Crippen molar-refractivity contribution >= 4 is 11.6 Å². The molecule has 1 aliphatic rings. The molecule has 4 nitrogen and oxygen atoms in total. The number of carbonyl (C=O) groups is 2. The lowest BCUT2D eigenvalue weighted by atomic mass is 9.94. The zero-order valence-corrected chi connectivity index (χ0v) is 8.09. The van der Waals surface area contributed by atoms with Gasteiger partial charge in [0.25, 0.3) is 0 Å². The summed E-state index contributed by atoms with van der Waals surface area (Å²) in [5.74, 6) is -2.38. The van der Waals surface area contributed by atoms with Crippen LogP contribution in [0.25, 0.3) is 0 Å². The number of rotatable bonds is 2. The Labute approximate surface area is 76.9 Å². The SMILES string of the molecule is CCC(=O)[C@]1(C)CC(=O)[C@](C)(O)O1. The summed E-state index contributed by atoms with van der Waals surface area (Å²) in [4.78, 5) is 22.6. The average molecular weight is 186 g/mol. The molecule has 0 bridgehead atoms. The maximum atomic E-state index is 11.4. The van der Waals surface area contributed by atoms with Crippen molar-refractivity contribution in [2.45, 2.75) is 45.0 Å². The van der Waals surface area contributed by atoms with Crippen LogP contribution in [-0.2, 0) is 14.3 Å². The minimum Gasteiger partial charge on any atom is -0.360 e. The third-order valence-electron chi connectivity index (χ3n) is 2.35. The molecule has 0 aliphatic carbocycles. The molecule has 0 aromatic carbocycles. The molecule has 0 aromatic heterocycles. The van der Waals surface area contributed by atoms with Crippen LogP contribution < -0.4 is 0 Å². The Hall–Kier alpha value is -0.740. The fraction of sp³-hybridized carbons (Fsp3) is 0.778. The van der Waals surface area contributed by atoms with Crippen LogP contribution in [0.3, 0.4) is 0 Å². The third-order valence-corrected chi connectivity index (χ3v) is 2.35. The Morgan fingerprint density at radius 1 is 1.62 bits per heavy atom. The topological polar surface area (TPSA) is 63.6 Å². The first-order chi connectivity index (χ1) is 5.82. The lowest BCUT2D eigenvalue weighted by molar-refractivity contribution is -0.206. The standard InChI is InChI=1S/C9H14O4/c1-4-6(10)8(2)5-7(11)9(3,12)13-8/h12H,4-5H2,1-3H3/t8-,9+/m0/s1.